The fourth-order valence-corrected chi connectivity index (χ4v) is 0. The zero-order valence-electron chi connectivity index (χ0n) is 19.5. The van der Waals surface area contributed by atoms with E-state index in [1.807, 2.05) is 0 Å². The van der Waals surface area contributed by atoms with Gasteiger partial charge in [0.15, 0.2) is 0 Å². The summed E-state index contributed by atoms with van der Waals surface area (Å²) in [5, 5.41) is 133. The molecule has 0 atom stereocenters. The summed E-state index contributed by atoms with van der Waals surface area (Å²) in [5.41, 5.74) is 0. The number of nitrogens with zero attached hydrogens (tertiary/aromatic N) is 9. The third-order valence-electron chi connectivity index (χ3n) is 0. The molecule has 0 bridgehead atoms. The Morgan fingerprint density at radius 2 is 0.261 bits per heavy atom. The van der Waals surface area contributed by atoms with Crippen LogP contribution in [0.25, 0.3) is 0 Å². The molecule has 0 heterocycles. The van der Waals surface area contributed by atoms with E-state index < -0.39 is 63.9 Å². The Morgan fingerprint density at radius 1 is 0.261 bits per heavy atom. The summed E-state index contributed by atoms with van der Waals surface area (Å²) < 4.78 is 49.5. The minimum atomic E-state index is -9.12. The van der Waals surface area contributed by atoms with Gasteiger partial charge in [-0.2, -0.15) is 0 Å². The second kappa shape index (κ2) is 46.8. The van der Waals surface area contributed by atoms with Crippen LogP contribution in [-0.2, 0) is 0 Å². The van der Waals surface area contributed by atoms with Crippen LogP contribution in [0.4, 0.5) is 0 Å². The zero-order chi connectivity index (χ0) is 38.6. The Kier molecular flexibility index (Phi) is 86.0. The molecule has 0 saturated heterocycles. The molecule has 0 saturated carbocycles. The predicted octanol–water partition coefficient (Wildman–Crippen LogP) is -11.0. The van der Waals surface area contributed by atoms with Crippen molar-refractivity contribution in [1.29, 1.82) is 0 Å². The first kappa shape index (κ1) is 84.4. The molecular formula is H2Ce3IN9O33. The number of hydrogen-bond acceptors (Lipinski definition) is 33. The summed E-state index contributed by atoms with van der Waals surface area (Å²) in [4.78, 5) is 74.2. The van der Waals surface area contributed by atoms with Gasteiger partial charge in [0.25, 0.3) is 0 Å². The van der Waals surface area contributed by atoms with Gasteiger partial charge in [0.1, 0.15) is 0 Å². The molecule has 0 amide bonds. The van der Waals surface area contributed by atoms with E-state index in [9.17, 15) is 0 Å². The molecule has 0 fully saturated rings. The molecule has 0 unspecified atom stereocenters. The van der Waals surface area contributed by atoms with E-state index in [0.29, 0.717) is 0 Å². The molecule has 0 rings (SSSR count). The van der Waals surface area contributed by atoms with Crippen LogP contribution in [0.1, 0.15) is 0 Å². The van der Waals surface area contributed by atoms with Crippen molar-refractivity contribution in [3.63, 3.8) is 0 Å². The van der Waals surface area contributed by atoms with Crippen molar-refractivity contribution in [2.45, 2.75) is 0 Å². The van der Waals surface area contributed by atoms with Crippen LogP contribution >= 0.6 is 0 Å². The van der Waals surface area contributed by atoms with E-state index >= 15 is 0 Å². The normalized spacial score (nSPS) is 8.22. The number of hydrogen-bond donors (Lipinski definition) is 2. The maximum absolute atomic E-state index is 9.12. The van der Waals surface area contributed by atoms with Crippen molar-refractivity contribution >= 4 is 0 Å². The molecule has 0 aliphatic carbocycles. The molecule has 0 aromatic heterocycles. The van der Waals surface area contributed by atoms with Crippen LogP contribution in [0, 0.1) is 263 Å². The van der Waals surface area contributed by atoms with Crippen LogP contribution in [0.3, 0.4) is 0 Å². The van der Waals surface area contributed by atoms with Gasteiger partial charge in [-0.25, -0.2) is 0 Å². The van der Waals surface area contributed by atoms with Crippen LogP contribution in [-0.4, -0.2) is 52.7 Å². The third kappa shape index (κ3) is 10200. The van der Waals surface area contributed by atoms with Gasteiger partial charge in [-0.1, -0.05) is 0 Å². The van der Waals surface area contributed by atoms with Crippen LogP contribution < -0.4 is 31.9 Å². The van der Waals surface area contributed by atoms with Gasteiger partial charge in [0, 0.05) is 0 Å². The summed E-state index contributed by atoms with van der Waals surface area (Å²) in [6, 6.07) is 0. The summed E-state index contributed by atoms with van der Waals surface area (Å²) in [5.74, 6) is 0. The Bertz CT molecular complexity index is 596. The van der Waals surface area contributed by atoms with Gasteiger partial charge >= 0.3 is 164 Å². The molecule has 46 heavy (non-hydrogen) atoms. The molecule has 0 radical (unpaired) electrons. The van der Waals surface area contributed by atoms with Crippen molar-refractivity contribution in [3.8, 4) is 0 Å². The van der Waals surface area contributed by atoms with Crippen molar-refractivity contribution in [2.75, 3.05) is 0 Å². The van der Waals surface area contributed by atoms with Crippen molar-refractivity contribution < 1.29 is 210 Å². The first-order chi connectivity index (χ1) is 18.0. The van der Waals surface area contributed by atoms with Crippen LogP contribution in [0.15, 0.2) is 0 Å². The summed E-state index contributed by atoms with van der Waals surface area (Å²) in [7, 11) is 0. The standard InChI is InChI=1S/3Ce.H2IO6.9NO3/c;;;2-1(3,4,5,6)7;9*2-1(3)4/h;;;2-3H;;;;;;;;;/q3*+4;-3;9*-1. The van der Waals surface area contributed by atoms with E-state index in [0.717, 1.165) is 0 Å². The van der Waals surface area contributed by atoms with Gasteiger partial charge in [-0.15, -0.1) is 0 Å². The summed E-state index contributed by atoms with van der Waals surface area (Å²) >= 11 is -9.12. The summed E-state index contributed by atoms with van der Waals surface area (Å²) in [6.07, 6.45) is 0. The topological polar surface area (TPSA) is 728 Å². The number of halogens is 1. The summed E-state index contributed by atoms with van der Waals surface area (Å²) in [6.45, 7) is 0. The average Bonchev–Trinajstić information content (AvgIpc) is 2.45. The zero-order valence-corrected chi connectivity index (χ0v) is 31.0. The van der Waals surface area contributed by atoms with E-state index in [-0.39, 0.29) is 125 Å². The van der Waals surface area contributed by atoms with Gasteiger partial charge in [0.2, 0.25) is 0 Å². The molecule has 2 N–H and O–H groups in total. The average molecular weight is 1200 g/mol. The molecule has 0 spiro atoms. The monoisotopic (exact) mass is 1200 g/mol. The van der Waals surface area contributed by atoms with E-state index in [4.69, 9.17) is 159 Å². The second-order valence-corrected chi connectivity index (χ2v) is 8.76. The van der Waals surface area contributed by atoms with Crippen LogP contribution in [0.2, 0.25) is 0 Å². The van der Waals surface area contributed by atoms with Gasteiger partial charge in [-0.05, 0) is 0 Å². The molecule has 0 aromatic rings. The molecule has 0 aliphatic heterocycles. The Labute approximate surface area is 343 Å². The van der Waals surface area contributed by atoms with Gasteiger partial charge in [0.05, 0.1) is 45.8 Å². The Hall–Kier alpha value is -2.58. The Balaban J connectivity index is -0.0000000239. The van der Waals surface area contributed by atoms with Gasteiger partial charge in [-0.3, -0.25) is 0 Å². The van der Waals surface area contributed by atoms with Crippen molar-refractivity contribution in [1.82, 2.24) is 0 Å². The van der Waals surface area contributed by atoms with E-state index in [1.54, 1.807) is 0 Å². The molecule has 46 heteroatoms. The second-order valence-electron chi connectivity index (χ2n) is 3.02. The molecule has 0 aliphatic rings. The van der Waals surface area contributed by atoms with Crippen molar-refractivity contribution in [3.05, 3.63) is 138 Å². The minimum absolute atomic E-state index is 0. The molecule has 42 nitrogen and oxygen atoms in total. The van der Waals surface area contributed by atoms with E-state index in [2.05, 4.69) is 0 Å². The predicted molar refractivity (Wildman–Crippen MR) is 97.7 cm³/mol. The molecule has 264 valence electrons. The number of rotatable bonds is 0. The SMILES string of the molecule is O=[N+]([O-])[O-].O=[N+]([O-])[O-].O=[N+]([O-])[O-].O=[N+]([O-])[O-].O=[N+]([O-])[O-].O=[N+]([O-])[O-].O=[N+]([O-])[O-].O=[N+]([O-])[O-].O=[N+]([O-])[O-].[Ce+4].[Ce+4].[Ce+4].[O-][I+]([O-])([O-])([O-])(O)O. The molecular weight excluding hydrogens is 1200 g/mol. The quantitative estimate of drug-likeness (QED) is 0.129. The third-order valence-corrected chi connectivity index (χ3v) is 0. The van der Waals surface area contributed by atoms with Crippen LogP contribution in [0.5, 0.6) is 0 Å². The first-order valence-electron chi connectivity index (χ1n) is 5.88. The first-order valence-corrected chi connectivity index (χ1v) is 11.3. The maximum atomic E-state index is 8.88. The fourth-order valence-electron chi connectivity index (χ4n) is 0. The Morgan fingerprint density at radius 3 is 0.261 bits per heavy atom. The van der Waals surface area contributed by atoms with Gasteiger partial charge < -0.3 is 138 Å². The fraction of sp³-hybridized carbons (Fsp3) is 0. The molecule has 0 aromatic carbocycles. The van der Waals surface area contributed by atoms with Crippen molar-refractivity contribution in [2.24, 2.45) is 0 Å². The van der Waals surface area contributed by atoms with E-state index in [1.165, 1.54) is 0 Å².